The van der Waals surface area contributed by atoms with Crippen molar-refractivity contribution in [1.82, 2.24) is 14.7 Å². The van der Waals surface area contributed by atoms with Crippen LogP contribution in [0.25, 0.3) is 5.52 Å². The van der Waals surface area contributed by atoms with Crippen molar-refractivity contribution in [3.05, 3.63) is 30.4 Å². The molecule has 4 heteroatoms. The lowest BCUT2D eigenvalue weighted by Crippen LogP contribution is -2.10. The fraction of sp³-hybridized carbons (Fsp3) is 0.364. The summed E-state index contributed by atoms with van der Waals surface area (Å²) in [6, 6.07) is 3.43. The molecule has 1 aliphatic heterocycles. The Labute approximate surface area is 87.6 Å². The Balaban J connectivity index is 2.11. The van der Waals surface area contributed by atoms with Crippen molar-refractivity contribution in [1.29, 1.82) is 0 Å². The first kappa shape index (κ1) is 8.73. The standard InChI is InChI=1S/C11H13N3O/c15-10-2-4-14-9(5-10)7-13-11(14)8-1-3-12-6-8/h2,4-5,7-8,12,15H,1,3,6H2. The fourth-order valence-corrected chi connectivity index (χ4v) is 2.19. The van der Waals surface area contributed by atoms with E-state index in [2.05, 4.69) is 14.7 Å². The van der Waals surface area contributed by atoms with Gasteiger partial charge < -0.3 is 14.8 Å². The van der Waals surface area contributed by atoms with Crippen LogP contribution in [0.15, 0.2) is 24.5 Å². The SMILES string of the molecule is Oc1ccn2c(C3CCNC3)ncc2c1. The Kier molecular flexibility index (Phi) is 1.89. The van der Waals surface area contributed by atoms with E-state index < -0.39 is 0 Å². The van der Waals surface area contributed by atoms with Crippen LogP contribution in [0, 0.1) is 0 Å². The van der Waals surface area contributed by atoms with E-state index in [-0.39, 0.29) is 0 Å². The van der Waals surface area contributed by atoms with Crippen LogP contribution in [0.2, 0.25) is 0 Å². The van der Waals surface area contributed by atoms with Crippen molar-refractivity contribution >= 4 is 5.52 Å². The maximum Gasteiger partial charge on any atom is 0.119 e. The van der Waals surface area contributed by atoms with Gasteiger partial charge >= 0.3 is 0 Å². The summed E-state index contributed by atoms with van der Waals surface area (Å²) in [6.45, 7) is 2.07. The Hall–Kier alpha value is -1.55. The second kappa shape index (κ2) is 3.24. The average Bonchev–Trinajstić information content (AvgIpc) is 2.82. The molecule has 2 aromatic heterocycles. The molecule has 3 heterocycles. The topological polar surface area (TPSA) is 49.6 Å². The van der Waals surface area contributed by atoms with Gasteiger partial charge in [-0.1, -0.05) is 0 Å². The van der Waals surface area contributed by atoms with Crippen molar-refractivity contribution in [2.75, 3.05) is 13.1 Å². The van der Waals surface area contributed by atoms with E-state index in [0.717, 1.165) is 30.9 Å². The number of fused-ring (bicyclic) bond motifs is 1. The molecule has 1 aliphatic rings. The molecule has 0 aromatic carbocycles. The summed E-state index contributed by atoms with van der Waals surface area (Å²) in [6.07, 6.45) is 4.83. The Morgan fingerprint density at radius 2 is 2.47 bits per heavy atom. The zero-order valence-electron chi connectivity index (χ0n) is 8.35. The molecule has 1 unspecified atom stereocenters. The molecule has 1 fully saturated rings. The molecule has 0 radical (unpaired) electrons. The van der Waals surface area contributed by atoms with Crippen LogP contribution in [0.5, 0.6) is 5.75 Å². The number of hydrogen-bond donors (Lipinski definition) is 2. The molecule has 0 amide bonds. The highest BCUT2D eigenvalue weighted by Gasteiger charge is 2.20. The van der Waals surface area contributed by atoms with Crippen LogP contribution in [0.4, 0.5) is 0 Å². The summed E-state index contributed by atoms with van der Waals surface area (Å²) < 4.78 is 2.05. The van der Waals surface area contributed by atoms with Gasteiger partial charge in [-0.15, -0.1) is 0 Å². The normalized spacial score (nSPS) is 21.2. The minimum absolute atomic E-state index is 0.290. The number of hydrogen-bond acceptors (Lipinski definition) is 3. The lowest BCUT2D eigenvalue weighted by atomic mass is 10.1. The number of nitrogens with one attached hydrogen (secondary N) is 1. The molecule has 3 rings (SSSR count). The highest BCUT2D eigenvalue weighted by molar-refractivity contribution is 5.50. The minimum atomic E-state index is 0.290. The number of pyridine rings is 1. The first-order chi connectivity index (χ1) is 7.34. The van der Waals surface area contributed by atoms with E-state index >= 15 is 0 Å². The lowest BCUT2D eigenvalue weighted by Gasteiger charge is -2.07. The molecule has 1 atom stereocenters. The van der Waals surface area contributed by atoms with Crippen molar-refractivity contribution in [3.8, 4) is 5.75 Å². The fourth-order valence-electron chi connectivity index (χ4n) is 2.19. The first-order valence-electron chi connectivity index (χ1n) is 5.21. The molecule has 1 saturated heterocycles. The maximum atomic E-state index is 9.35. The third-order valence-corrected chi connectivity index (χ3v) is 2.97. The molecule has 78 valence electrons. The largest absolute Gasteiger partial charge is 0.508 e. The van der Waals surface area contributed by atoms with Gasteiger partial charge in [0.05, 0.1) is 11.7 Å². The maximum absolute atomic E-state index is 9.35. The predicted molar refractivity (Wildman–Crippen MR) is 57.1 cm³/mol. The van der Waals surface area contributed by atoms with E-state index in [1.165, 1.54) is 0 Å². The third kappa shape index (κ3) is 1.37. The molecular formula is C11H13N3O. The zero-order valence-corrected chi connectivity index (χ0v) is 8.35. The van der Waals surface area contributed by atoms with Gasteiger partial charge in [-0.2, -0.15) is 0 Å². The molecule has 0 spiro atoms. The van der Waals surface area contributed by atoms with Crippen LogP contribution >= 0.6 is 0 Å². The molecular weight excluding hydrogens is 190 g/mol. The van der Waals surface area contributed by atoms with E-state index in [4.69, 9.17) is 0 Å². The van der Waals surface area contributed by atoms with Gasteiger partial charge in [-0.05, 0) is 19.0 Å². The molecule has 0 bridgehead atoms. The minimum Gasteiger partial charge on any atom is -0.508 e. The van der Waals surface area contributed by atoms with Crippen molar-refractivity contribution < 1.29 is 5.11 Å². The Bertz CT molecular complexity index is 486. The summed E-state index contributed by atoms with van der Waals surface area (Å²) >= 11 is 0. The first-order valence-corrected chi connectivity index (χ1v) is 5.21. The molecule has 0 aliphatic carbocycles. The van der Waals surface area contributed by atoms with Crippen LogP contribution < -0.4 is 5.32 Å². The van der Waals surface area contributed by atoms with Gasteiger partial charge in [0.2, 0.25) is 0 Å². The monoisotopic (exact) mass is 203 g/mol. The van der Waals surface area contributed by atoms with Crippen molar-refractivity contribution in [3.63, 3.8) is 0 Å². The molecule has 0 saturated carbocycles. The van der Waals surface area contributed by atoms with Crippen molar-refractivity contribution in [2.45, 2.75) is 12.3 Å². The summed E-state index contributed by atoms with van der Waals surface area (Å²) in [7, 11) is 0. The molecule has 2 aromatic rings. The van der Waals surface area contributed by atoms with Gasteiger partial charge in [0, 0.05) is 24.7 Å². The Morgan fingerprint density at radius 3 is 3.27 bits per heavy atom. The number of imidazole rings is 1. The zero-order chi connectivity index (χ0) is 10.3. The second-order valence-corrected chi connectivity index (χ2v) is 3.99. The number of nitrogens with zero attached hydrogens (tertiary/aromatic N) is 2. The highest BCUT2D eigenvalue weighted by Crippen LogP contribution is 2.23. The molecule has 15 heavy (non-hydrogen) atoms. The van der Waals surface area contributed by atoms with Crippen LogP contribution in [0.1, 0.15) is 18.2 Å². The summed E-state index contributed by atoms with van der Waals surface area (Å²) in [5.74, 6) is 1.88. The van der Waals surface area contributed by atoms with Crippen LogP contribution in [-0.4, -0.2) is 27.6 Å². The van der Waals surface area contributed by atoms with E-state index in [1.54, 1.807) is 12.1 Å². The van der Waals surface area contributed by atoms with Crippen LogP contribution in [0.3, 0.4) is 0 Å². The summed E-state index contributed by atoms with van der Waals surface area (Å²) in [5.41, 5.74) is 0.955. The summed E-state index contributed by atoms with van der Waals surface area (Å²) in [4.78, 5) is 4.43. The second-order valence-electron chi connectivity index (χ2n) is 3.99. The average molecular weight is 203 g/mol. The molecule has 2 N–H and O–H groups in total. The summed E-state index contributed by atoms with van der Waals surface area (Å²) in [5, 5.41) is 12.7. The van der Waals surface area contributed by atoms with Gasteiger partial charge in [0.25, 0.3) is 0 Å². The molecule has 4 nitrogen and oxygen atoms in total. The third-order valence-electron chi connectivity index (χ3n) is 2.97. The number of aromatic nitrogens is 2. The lowest BCUT2D eigenvalue weighted by molar-refractivity contribution is 0.475. The quantitative estimate of drug-likeness (QED) is 0.730. The number of aromatic hydroxyl groups is 1. The number of rotatable bonds is 1. The van der Waals surface area contributed by atoms with Gasteiger partial charge in [0.15, 0.2) is 0 Å². The van der Waals surface area contributed by atoms with Gasteiger partial charge in [-0.3, -0.25) is 0 Å². The van der Waals surface area contributed by atoms with Crippen LogP contribution in [-0.2, 0) is 0 Å². The smallest absolute Gasteiger partial charge is 0.119 e. The predicted octanol–water partition coefficient (Wildman–Crippen LogP) is 1.12. The van der Waals surface area contributed by atoms with Gasteiger partial charge in [0.1, 0.15) is 11.6 Å². The van der Waals surface area contributed by atoms with Crippen molar-refractivity contribution in [2.24, 2.45) is 0 Å². The highest BCUT2D eigenvalue weighted by atomic mass is 16.3. The van der Waals surface area contributed by atoms with E-state index in [0.29, 0.717) is 11.7 Å². The van der Waals surface area contributed by atoms with E-state index in [1.807, 2.05) is 12.4 Å². The Morgan fingerprint density at radius 1 is 1.53 bits per heavy atom. The van der Waals surface area contributed by atoms with E-state index in [9.17, 15) is 5.11 Å². The van der Waals surface area contributed by atoms with Gasteiger partial charge in [-0.25, -0.2) is 4.98 Å².